The number of furan rings is 1. The van der Waals surface area contributed by atoms with E-state index in [2.05, 4.69) is 10.2 Å². The lowest BCUT2D eigenvalue weighted by Gasteiger charge is -2.26. The van der Waals surface area contributed by atoms with Crippen molar-refractivity contribution in [1.29, 1.82) is 0 Å². The van der Waals surface area contributed by atoms with E-state index < -0.39 is 0 Å². The molecular weight excluding hydrogens is 292 g/mol. The number of ether oxygens (including phenoxy) is 1. The highest BCUT2D eigenvalue weighted by atomic mass is 16.5. The molecule has 0 atom stereocenters. The first-order chi connectivity index (χ1) is 11.2. The topological polar surface area (TPSA) is 54.7 Å². The van der Waals surface area contributed by atoms with Gasteiger partial charge in [-0.25, -0.2) is 0 Å². The Balaban J connectivity index is 1.43. The molecule has 0 saturated carbocycles. The maximum Gasteiger partial charge on any atom is 0.224 e. The van der Waals surface area contributed by atoms with E-state index in [0.29, 0.717) is 13.0 Å². The molecule has 124 valence electrons. The van der Waals surface area contributed by atoms with Crippen LogP contribution < -0.4 is 5.32 Å². The number of amides is 1. The van der Waals surface area contributed by atoms with Gasteiger partial charge in [0, 0.05) is 30.6 Å². The molecule has 2 heterocycles. The van der Waals surface area contributed by atoms with Crippen LogP contribution in [-0.4, -0.2) is 50.2 Å². The highest BCUT2D eigenvalue weighted by Crippen LogP contribution is 2.22. The van der Waals surface area contributed by atoms with Crippen LogP contribution in [0.1, 0.15) is 17.5 Å². The van der Waals surface area contributed by atoms with Crippen LogP contribution in [0, 0.1) is 6.92 Å². The second-order valence-electron chi connectivity index (χ2n) is 6.09. The van der Waals surface area contributed by atoms with Gasteiger partial charge in [-0.1, -0.05) is 12.1 Å². The van der Waals surface area contributed by atoms with Crippen molar-refractivity contribution in [3.63, 3.8) is 0 Å². The van der Waals surface area contributed by atoms with Gasteiger partial charge in [-0.05, 0) is 31.5 Å². The number of nitrogens with zero attached hydrogens (tertiary/aromatic N) is 1. The summed E-state index contributed by atoms with van der Waals surface area (Å²) >= 11 is 0. The minimum atomic E-state index is 0.0512. The van der Waals surface area contributed by atoms with E-state index in [1.807, 2.05) is 25.1 Å². The first-order valence-corrected chi connectivity index (χ1v) is 8.26. The zero-order valence-corrected chi connectivity index (χ0v) is 13.6. The molecule has 23 heavy (non-hydrogen) atoms. The Morgan fingerprint density at radius 1 is 1.30 bits per heavy atom. The summed E-state index contributed by atoms with van der Waals surface area (Å²) < 4.78 is 10.9. The van der Waals surface area contributed by atoms with Crippen molar-refractivity contribution in [2.75, 3.05) is 39.4 Å². The van der Waals surface area contributed by atoms with E-state index in [1.165, 1.54) is 0 Å². The Hall–Kier alpha value is -1.85. The molecule has 1 N–H and O–H groups in total. The van der Waals surface area contributed by atoms with Crippen LogP contribution in [0.5, 0.6) is 0 Å². The SMILES string of the molecule is Cc1ccc2c(CC(=O)NCCCN3CCOCC3)coc2c1. The van der Waals surface area contributed by atoms with Gasteiger partial charge in [0.25, 0.3) is 0 Å². The largest absolute Gasteiger partial charge is 0.464 e. The molecule has 5 nitrogen and oxygen atoms in total. The fourth-order valence-corrected chi connectivity index (χ4v) is 2.92. The third kappa shape index (κ3) is 4.33. The molecule has 1 aromatic carbocycles. The van der Waals surface area contributed by atoms with E-state index in [0.717, 1.165) is 61.4 Å². The number of carbonyl (C=O) groups excluding carboxylic acids is 1. The van der Waals surface area contributed by atoms with E-state index in [4.69, 9.17) is 9.15 Å². The van der Waals surface area contributed by atoms with Crippen molar-refractivity contribution in [3.05, 3.63) is 35.6 Å². The zero-order chi connectivity index (χ0) is 16.1. The lowest BCUT2D eigenvalue weighted by molar-refractivity contribution is -0.120. The summed E-state index contributed by atoms with van der Waals surface area (Å²) in [5.41, 5.74) is 2.96. The molecule has 1 fully saturated rings. The highest BCUT2D eigenvalue weighted by molar-refractivity contribution is 5.87. The molecule has 1 aliphatic rings. The Bertz CT molecular complexity index is 659. The zero-order valence-electron chi connectivity index (χ0n) is 13.6. The predicted octanol–water partition coefficient (Wildman–Crippen LogP) is 2.12. The van der Waals surface area contributed by atoms with Gasteiger partial charge >= 0.3 is 0 Å². The van der Waals surface area contributed by atoms with Crippen LogP contribution in [0.2, 0.25) is 0 Å². The Morgan fingerprint density at radius 2 is 2.13 bits per heavy atom. The Morgan fingerprint density at radius 3 is 2.96 bits per heavy atom. The fraction of sp³-hybridized carbons (Fsp3) is 0.500. The summed E-state index contributed by atoms with van der Waals surface area (Å²) in [6, 6.07) is 6.07. The number of benzene rings is 1. The number of rotatable bonds is 6. The van der Waals surface area contributed by atoms with Crippen molar-refractivity contribution >= 4 is 16.9 Å². The molecule has 2 aromatic rings. The predicted molar refractivity (Wildman–Crippen MR) is 89.5 cm³/mol. The Kier molecular flexibility index (Phi) is 5.31. The van der Waals surface area contributed by atoms with Crippen LogP contribution in [-0.2, 0) is 16.0 Å². The quantitative estimate of drug-likeness (QED) is 0.830. The van der Waals surface area contributed by atoms with Gasteiger partial charge in [0.1, 0.15) is 5.58 Å². The number of aryl methyl sites for hydroxylation is 1. The molecule has 3 rings (SSSR count). The lowest BCUT2D eigenvalue weighted by atomic mass is 10.1. The summed E-state index contributed by atoms with van der Waals surface area (Å²) in [6.07, 6.45) is 3.03. The summed E-state index contributed by atoms with van der Waals surface area (Å²) in [4.78, 5) is 14.5. The summed E-state index contributed by atoms with van der Waals surface area (Å²) in [7, 11) is 0. The minimum absolute atomic E-state index is 0.0512. The number of nitrogens with one attached hydrogen (secondary N) is 1. The van der Waals surface area contributed by atoms with Crippen molar-refractivity contribution in [1.82, 2.24) is 10.2 Å². The van der Waals surface area contributed by atoms with Crippen molar-refractivity contribution in [2.24, 2.45) is 0 Å². The van der Waals surface area contributed by atoms with E-state index in [-0.39, 0.29) is 5.91 Å². The number of carbonyl (C=O) groups is 1. The maximum atomic E-state index is 12.1. The monoisotopic (exact) mass is 316 g/mol. The molecule has 5 heteroatoms. The van der Waals surface area contributed by atoms with Crippen molar-refractivity contribution in [2.45, 2.75) is 19.8 Å². The molecule has 1 aromatic heterocycles. The van der Waals surface area contributed by atoms with Crippen LogP contribution in [0.15, 0.2) is 28.9 Å². The molecular formula is C18H24N2O3. The Labute approximate surface area is 136 Å². The van der Waals surface area contributed by atoms with Crippen molar-refractivity contribution in [3.8, 4) is 0 Å². The first kappa shape index (κ1) is 16.0. The maximum absolute atomic E-state index is 12.1. The number of morpholine rings is 1. The molecule has 0 aliphatic carbocycles. The van der Waals surface area contributed by atoms with E-state index in [1.54, 1.807) is 6.26 Å². The van der Waals surface area contributed by atoms with Gasteiger partial charge in [-0.15, -0.1) is 0 Å². The summed E-state index contributed by atoms with van der Waals surface area (Å²) in [5, 5.41) is 4.02. The molecule has 0 bridgehead atoms. The van der Waals surface area contributed by atoms with Gasteiger partial charge in [0.15, 0.2) is 0 Å². The normalized spacial score (nSPS) is 15.9. The molecule has 1 saturated heterocycles. The number of hydrogen-bond acceptors (Lipinski definition) is 4. The van der Waals surface area contributed by atoms with Crippen LogP contribution >= 0.6 is 0 Å². The third-order valence-electron chi connectivity index (χ3n) is 4.24. The standard InChI is InChI=1S/C18H24N2O3/c1-14-3-4-16-15(13-23-17(16)11-14)12-18(21)19-5-2-6-20-7-9-22-10-8-20/h3-4,11,13H,2,5-10,12H2,1H3,(H,19,21). The summed E-state index contributed by atoms with van der Waals surface area (Å²) in [5.74, 6) is 0.0512. The van der Waals surface area contributed by atoms with Gasteiger partial charge < -0.3 is 14.5 Å². The van der Waals surface area contributed by atoms with Crippen molar-refractivity contribution < 1.29 is 13.9 Å². The first-order valence-electron chi connectivity index (χ1n) is 8.26. The van der Waals surface area contributed by atoms with Gasteiger partial charge in [0.05, 0.1) is 25.9 Å². The van der Waals surface area contributed by atoms with Gasteiger partial charge in [0.2, 0.25) is 5.91 Å². The lowest BCUT2D eigenvalue weighted by Crippen LogP contribution is -2.38. The second-order valence-corrected chi connectivity index (χ2v) is 6.09. The highest BCUT2D eigenvalue weighted by Gasteiger charge is 2.11. The van der Waals surface area contributed by atoms with E-state index >= 15 is 0 Å². The molecule has 1 amide bonds. The average Bonchev–Trinajstić information content (AvgIpc) is 2.94. The van der Waals surface area contributed by atoms with Crippen LogP contribution in [0.25, 0.3) is 11.0 Å². The average molecular weight is 316 g/mol. The molecule has 0 unspecified atom stereocenters. The molecule has 0 spiro atoms. The van der Waals surface area contributed by atoms with Gasteiger partial charge in [-0.3, -0.25) is 9.69 Å². The molecule has 1 aliphatic heterocycles. The van der Waals surface area contributed by atoms with E-state index in [9.17, 15) is 4.79 Å². The number of hydrogen-bond donors (Lipinski definition) is 1. The van der Waals surface area contributed by atoms with Crippen LogP contribution in [0.4, 0.5) is 0 Å². The summed E-state index contributed by atoms with van der Waals surface area (Å²) in [6.45, 7) is 7.38. The molecule has 0 radical (unpaired) electrons. The van der Waals surface area contributed by atoms with Crippen LogP contribution in [0.3, 0.4) is 0 Å². The fourth-order valence-electron chi connectivity index (χ4n) is 2.92. The number of fused-ring (bicyclic) bond motifs is 1. The smallest absolute Gasteiger partial charge is 0.224 e. The minimum Gasteiger partial charge on any atom is -0.464 e. The third-order valence-corrected chi connectivity index (χ3v) is 4.24. The van der Waals surface area contributed by atoms with Gasteiger partial charge in [-0.2, -0.15) is 0 Å². The second kappa shape index (κ2) is 7.62.